The third kappa shape index (κ3) is 2.90. The maximum atomic E-state index is 8.86. The van der Waals surface area contributed by atoms with E-state index in [0.717, 1.165) is 17.5 Å². The average molecular weight is 206 g/mol. The molecule has 1 aromatic carbocycles. The van der Waals surface area contributed by atoms with Crippen molar-refractivity contribution in [3.8, 4) is 6.07 Å². The van der Waals surface area contributed by atoms with Crippen molar-refractivity contribution < 1.29 is 0 Å². The molecule has 0 aliphatic carbocycles. The molecule has 2 heteroatoms. The van der Waals surface area contributed by atoms with Gasteiger partial charge in [-0.2, -0.15) is 5.26 Å². The number of allylic oxidation sites excluding steroid dienone is 1. The van der Waals surface area contributed by atoms with E-state index < -0.39 is 0 Å². The minimum absolute atomic E-state index is 0.615. The predicted octanol–water partition coefficient (Wildman–Crippen LogP) is 3.51. The van der Waals surface area contributed by atoms with Crippen LogP contribution in [0.3, 0.4) is 0 Å². The SMILES string of the molecule is Cc1ccc(C#N)c(C=CCCCl)c1. The molecule has 14 heavy (non-hydrogen) atoms. The van der Waals surface area contributed by atoms with Gasteiger partial charge in [-0.3, -0.25) is 0 Å². The van der Waals surface area contributed by atoms with Gasteiger partial charge >= 0.3 is 0 Å². The van der Waals surface area contributed by atoms with Gasteiger partial charge in [0.1, 0.15) is 0 Å². The Balaban J connectivity index is 2.94. The lowest BCUT2D eigenvalue weighted by Crippen LogP contribution is -1.83. The van der Waals surface area contributed by atoms with E-state index in [9.17, 15) is 0 Å². The van der Waals surface area contributed by atoms with Crippen molar-refractivity contribution in [2.24, 2.45) is 0 Å². The predicted molar refractivity (Wildman–Crippen MR) is 60.3 cm³/mol. The number of alkyl halides is 1. The number of halogens is 1. The molecule has 0 saturated heterocycles. The molecular formula is C12H12ClN. The zero-order valence-electron chi connectivity index (χ0n) is 8.13. The van der Waals surface area contributed by atoms with Crippen molar-refractivity contribution in [3.63, 3.8) is 0 Å². The molecule has 0 unspecified atom stereocenters. The molecule has 0 fully saturated rings. The summed E-state index contributed by atoms with van der Waals surface area (Å²) < 4.78 is 0. The Hall–Kier alpha value is -1.26. The van der Waals surface area contributed by atoms with Crippen molar-refractivity contribution in [3.05, 3.63) is 41.0 Å². The zero-order valence-corrected chi connectivity index (χ0v) is 8.88. The van der Waals surface area contributed by atoms with Gasteiger partial charge in [0.2, 0.25) is 0 Å². The Bertz CT molecular complexity index is 374. The molecule has 72 valence electrons. The quantitative estimate of drug-likeness (QED) is 0.693. The highest BCUT2D eigenvalue weighted by Gasteiger charge is 1.97. The van der Waals surface area contributed by atoms with Gasteiger partial charge < -0.3 is 0 Å². The fraction of sp³-hybridized carbons (Fsp3) is 0.250. The minimum atomic E-state index is 0.615. The van der Waals surface area contributed by atoms with Gasteiger partial charge in [-0.1, -0.05) is 29.8 Å². The van der Waals surface area contributed by atoms with E-state index in [0.29, 0.717) is 11.4 Å². The second kappa shape index (κ2) is 5.47. The Morgan fingerprint density at radius 1 is 1.50 bits per heavy atom. The summed E-state index contributed by atoms with van der Waals surface area (Å²) >= 11 is 5.56. The highest BCUT2D eigenvalue weighted by atomic mass is 35.5. The van der Waals surface area contributed by atoms with Crippen LogP contribution in [0, 0.1) is 18.3 Å². The number of nitriles is 1. The number of benzene rings is 1. The number of rotatable bonds is 3. The Labute approximate surface area is 89.6 Å². The van der Waals surface area contributed by atoms with Crippen LogP contribution in [0.15, 0.2) is 24.3 Å². The van der Waals surface area contributed by atoms with Crippen LogP contribution in [0.1, 0.15) is 23.1 Å². The maximum absolute atomic E-state index is 8.86. The number of hydrogen-bond acceptors (Lipinski definition) is 1. The van der Waals surface area contributed by atoms with Gasteiger partial charge in [0.15, 0.2) is 0 Å². The van der Waals surface area contributed by atoms with Gasteiger partial charge in [-0.05, 0) is 25.0 Å². The van der Waals surface area contributed by atoms with Crippen LogP contribution in [-0.4, -0.2) is 5.88 Å². The summed E-state index contributed by atoms with van der Waals surface area (Å²) in [4.78, 5) is 0. The Kier molecular flexibility index (Phi) is 4.22. The molecule has 0 saturated carbocycles. The van der Waals surface area contributed by atoms with Crippen molar-refractivity contribution >= 4 is 17.7 Å². The van der Waals surface area contributed by atoms with Crippen molar-refractivity contribution in [2.45, 2.75) is 13.3 Å². The summed E-state index contributed by atoms with van der Waals surface area (Å²) in [5.41, 5.74) is 2.84. The van der Waals surface area contributed by atoms with Gasteiger partial charge in [0, 0.05) is 5.88 Å². The summed E-state index contributed by atoms with van der Waals surface area (Å²) in [5.74, 6) is 0.615. The lowest BCUT2D eigenvalue weighted by Gasteiger charge is -1.99. The van der Waals surface area contributed by atoms with Crippen LogP contribution in [-0.2, 0) is 0 Å². The van der Waals surface area contributed by atoms with Gasteiger partial charge in [-0.15, -0.1) is 11.6 Å². The molecule has 0 bridgehead atoms. The van der Waals surface area contributed by atoms with Gasteiger partial charge in [-0.25, -0.2) is 0 Å². The molecule has 0 radical (unpaired) electrons. The second-order valence-electron chi connectivity index (χ2n) is 3.08. The molecule has 1 aromatic rings. The normalized spacial score (nSPS) is 10.4. The third-order valence-electron chi connectivity index (χ3n) is 1.90. The van der Waals surface area contributed by atoms with Crippen molar-refractivity contribution in [2.75, 3.05) is 5.88 Å². The monoisotopic (exact) mass is 205 g/mol. The van der Waals surface area contributed by atoms with Crippen LogP contribution >= 0.6 is 11.6 Å². The summed E-state index contributed by atoms with van der Waals surface area (Å²) in [6.07, 6.45) is 4.77. The molecule has 1 rings (SSSR count). The zero-order chi connectivity index (χ0) is 10.4. The third-order valence-corrected chi connectivity index (χ3v) is 2.12. The molecule has 0 aliphatic rings. The molecule has 0 amide bonds. The van der Waals surface area contributed by atoms with Crippen molar-refractivity contribution in [1.29, 1.82) is 5.26 Å². The lowest BCUT2D eigenvalue weighted by atomic mass is 10.0. The average Bonchev–Trinajstić information content (AvgIpc) is 2.19. The van der Waals surface area contributed by atoms with Crippen LogP contribution < -0.4 is 0 Å². The van der Waals surface area contributed by atoms with Crippen LogP contribution in [0.25, 0.3) is 6.08 Å². The van der Waals surface area contributed by atoms with Crippen LogP contribution in [0.4, 0.5) is 0 Å². The topological polar surface area (TPSA) is 23.8 Å². The molecule has 0 spiro atoms. The first-order valence-corrected chi connectivity index (χ1v) is 5.04. The summed E-state index contributed by atoms with van der Waals surface area (Å²) in [5, 5.41) is 8.86. The first-order valence-electron chi connectivity index (χ1n) is 4.51. The van der Waals surface area contributed by atoms with Crippen molar-refractivity contribution in [1.82, 2.24) is 0 Å². The summed E-state index contributed by atoms with van der Waals surface area (Å²) in [7, 11) is 0. The standard InChI is InChI=1S/C12H12ClN/c1-10-5-6-12(9-14)11(8-10)4-2-3-7-13/h2,4-6,8H,3,7H2,1H3. The van der Waals surface area contributed by atoms with E-state index in [1.807, 2.05) is 37.3 Å². The molecule has 0 atom stereocenters. The number of nitrogens with zero attached hydrogens (tertiary/aromatic N) is 1. The molecular weight excluding hydrogens is 194 g/mol. The largest absolute Gasteiger partial charge is 0.192 e. The van der Waals surface area contributed by atoms with E-state index in [1.54, 1.807) is 0 Å². The Morgan fingerprint density at radius 3 is 2.93 bits per heavy atom. The molecule has 0 aromatic heterocycles. The lowest BCUT2D eigenvalue weighted by molar-refractivity contribution is 1.24. The van der Waals surface area contributed by atoms with Crippen LogP contribution in [0.2, 0.25) is 0 Å². The summed E-state index contributed by atoms with van der Waals surface area (Å²) in [6, 6.07) is 7.95. The molecule has 0 heterocycles. The van der Waals surface area contributed by atoms with E-state index >= 15 is 0 Å². The highest BCUT2D eigenvalue weighted by molar-refractivity contribution is 6.17. The molecule has 0 aliphatic heterocycles. The smallest absolute Gasteiger partial charge is 0.0997 e. The maximum Gasteiger partial charge on any atom is 0.0997 e. The minimum Gasteiger partial charge on any atom is -0.192 e. The first-order chi connectivity index (χ1) is 6.77. The van der Waals surface area contributed by atoms with E-state index in [1.165, 1.54) is 0 Å². The van der Waals surface area contributed by atoms with Gasteiger partial charge in [0.05, 0.1) is 11.6 Å². The van der Waals surface area contributed by atoms with E-state index in [-0.39, 0.29) is 0 Å². The number of hydrogen-bond donors (Lipinski definition) is 0. The second-order valence-corrected chi connectivity index (χ2v) is 3.46. The van der Waals surface area contributed by atoms with Crippen LogP contribution in [0.5, 0.6) is 0 Å². The first kappa shape index (κ1) is 10.8. The fourth-order valence-electron chi connectivity index (χ4n) is 1.20. The molecule has 0 N–H and O–H groups in total. The Morgan fingerprint density at radius 2 is 2.29 bits per heavy atom. The number of aryl methyl sites for hydroxylation is 1. The van der Waals surface area contributed by atoms with E-state index in [2.05, 4.69) is 6.07 Å². The fourth-order valence-corrected chi connectivity index (χ4v) is 1.32. The highest BCUT2D eigenvalue weighted by Crippen LogP contribution is 2.12. The van der Waals surface area contributed by atoms with Gasteiger partial charge in [0.25, 0.3) is 0 Å². The van der Waals surface area contributed by atoms with E-state index in [4.69, 9.17) is 16.9 Å². The molecule has 1 nitrogen and oxygen atoms in total. The summed E-state index contributed by atoms with van der Waals surface area (Å²) in [6.45, 7) is 2.01.